The van der Waals surface area contributed by atoms with Gasteiger partial charge in [0.05, 0.1) is 6.54 Å². The van der Waals surface area contributed by atoms with Crippen molar-refractivity contribution in [3.8, 4) is 0 Å². The molecule has 27 heavy (non-hydrogen) atoms. The number of nitrogens with one attached hydrogen (secondary N) is 1. The highest BCUT2D eigenvalue weighted by Crippen LogP contribution is 2.22. The van der Waals surface area contributed by atoms with Gasteiger partial charge in [0.2, 0.25) is 0 Å². The molecule has 0 aliphatic carbocycles. The van der Waals surface area contributed by atoms with Crippen LogP contribution in [0.3, 0.4) is 0 Å². The van der Waals surface area contributed by atoms with E-state index >= 15 is 0 Å². The summed E-state index contributed by atoms with van der Waals surface area (Å²) in [5, 5.41) is 3.46. The van der Waals surface area contributed by atoms with Gasteiger partial charge in [-0.05, 0) is 78.6 Å². The van der Waals surface area contributed by atoms with Crippen molar-refractivity contribution in [1.29, 1.82) is 0 Å². The average Bonchev–Trinajstić information content (AvgIpc) is 2.63. The van der Waals surface area contributed by atoms with Gasteiger partial charge in [0.25, 0.3) is 0 Å². The number of carbonyl (C=O) groups is 1. The average molecular weight is 381 g/mol. The summed E-state index contributed by atoms with van der Waals surface area (Å²) in [6, 6.07) is 0.805. The molecule has 0 aromatic rings. The van der Waals surface area contributed by atoms with Gasteiger partial charge in [-0.25, -0.2) is 0 Å². The third-order valence-corrected chi connectivity index (χ3v) is 6.22. The fourth-order valence-corrected chi connectivity index (χ4v) is 4.76. The van der Waals surface area contributed by atoms with Crippen LogP contribution in [0.25, 0.3) is 0 Å². The number of piperazine rings is 1. The molecule has 156 valence electrons. The van der Waals surface area contributed by atoms with Crippen LogP contribution in [0.4, 0.5) is 0 Å². The van der Waals surface area contributed by atoms with Crippen molar-refractivity contribution in [3.63, 3.8) is 0 Å². The standard InChI is InChI=1S/C21H40N4O2/c1-21(2,3)27-20(26)17-24-10-4-18(5-11-24)16-23-12-6-19(7-13-23)25-14-8-22-9-15-25/h18-19,22H,4-17H2,1-3H3. The van der Waals surface area contributed by atoms with Gasteiger partial charge in [-0.3, -0.25) is 14.6 Å². The maximum Gasteiger partial charge on any atom is 0.320 e. The molecular weight excluding hydrogens is 340 g/mol. The van der Waals surface area contributed by atoms with Gasteiger partial charge in [-0.1, -0.05) is 0 Å². The number of hydrogen-bond donors (Lipinski definition) is 1. The molecule has 3 saturated heterocycles. The van der Waals surface area contributed by atoms with E-state index in [1.807, 2.05) is 20.8 Å². The number of nitrogens with zero attached hydrogens (tertiary/aromatic N) is 3. The summed E-state index contributed by atoms with van der Waals surface area (Å²) < 4.78 is 5.45. The maximum atomic E-state index is 12.0. The third-order valence-electron chi connectivity index (χ3n) is 6.22. The molecule has 0 aromatic carbocycles. The summed E-state index contributed by atoms with van der Waals surface area (Å²) in [5.41, 5.74) is -0.383. The first-order chi connectivity index (χ1) is 12.9. The Kier molecular flexibility index (Phi) is 7.54. The number of esters is 1. The van der Waals surface area contributed by atoms with Crippen molar-refractivity contribution in [2.45, 2.75) is 58.1 Å². The molecule has 3 rings (SSSR count). The molecule has 0 saturated carbocycles. The zero-order valence-corrected chi connectivity index (χ0v) is 17.7. The highest BCUT2D eigenvalue weighted by atomic mass is 16.6. The number of likely N-dealkylation sites (tertiary alicyclic amines) is 2. The van der Waals surface area contributed by atoms with E-state index in [1.165, 1.54) is 58.4 Å². The van der Waals surface area contributed by atoms with Crippen molar-refractivity contribution in [2.75, 3.05) is 65.4 Å². The summed E-state index contributed by atoms with van der Waals surface area (Å²) in [4.78, 5) is 19.7. The zero-order valence-electron chi connectivity index (χ0n) is 17.7. The van der Waals surface area contributed by atoms with E-state index in [9.17, 15) is 4.79 Å². The summed E-state index contributed by atoms with van der Waals surface area (Å²) in [7, 11) is 0. The van der Waals surface area contributed by atoms with Gasteiger partial charge in [-0.15, -0.1) is 0 Å². The molecule has 6 heteroatoms. The lowest BCUT2D eigenvalue weighted by molar-refractivity contribution is -0.156. The number of piperidine rings is 2. The van der Waals surface area contributed by atoms with Crippen LogP contribution in [-0.2, 0) is 9.53 Å². The molecule has 0 atom stereocenters. The fourth-order valence-electron chi connectivity index (χ4n) is 4.76. The van der Waals surface area contributed by atoms with Gasteiger partial charge in [0.1, 0.15) is 5.60 Å². The van der Waals surface area contributed by atoms with Crippen LogP contribution in [0.1, 0.15) is 46.5 Å². The molecule has 0 aromatic heterocycles. The normalized spacial score (nSPS) is 25.6. The molecule has 0 spiro atoms. The van der Waals surface area contributed by atoms with Crippen molar-refractivity contribution in [3.05, 3.63) is 0 Å². The highest BCUT2D eigenvalue weighted by Gasteiger charge is 2.28. The molecule has 0 bridgehead atoms. The van der Waals surface area contributed by atoms with E-state index in [0.29, 0.717) is 6.54 Å². The van der Waals surface area contributed by atoms with Crippen molar-refractivity contribution < 1.29 is 9.53 Å². The van der Waals surface area contributed by atoms with Crippen LogP contribution < -0.4 is 5.32 Å². The Bertz CT molecular complexity index is 457. The van der Waals surface area contributed by atoms with Crippen molar-refractivity contribution >= 4 is 5.97 Å². The van der Waals surface area contributed by atoms with Crippen LogP contribution >= 0.6 is 0 Å². The molecule has 0 unspecified atom stereocenters. The van der Waals surface area contributed by atoms with Crippen LogP contribution in [-0.4, -0.2) is 97.8 Å². The Morgan fingerprint density at radius 3 is 2.11 bits per heavy atom. The SMILES string of the molecule is CC(C)(C)OC(=O)CN1CCC(CN2CCC(N3CCNCC3)CC2)CC1. The first-order valence-electron chi connectivity index (χ1n) is 11.0. The minimum Gasteiger partial charge on any atom is -0.459 e. The Labute approximate surface area is 165 Å². The summed E-state index contributed by atoms with van der Waals surface area (Å²) in [6.07, 6.45) is 5.08. The smallest absolute Gasteiger partial charge is 0.320 e. The van der Waals surface area contributed by atoms with Gasteiger partial charge in [0.15, 0.2) is 0 Å². The maximum absolute atomic E-state index is 12.0. The van der Waals surface area contributed by atoms with Crippen molar-refractivity contribution in [2.24, 2.45) is 5.92 Å². The second kappa shape index (κ2) is 9.68. The zero-order chi connectivity index (χ0) is 19.3. The topological polar surface area (TPSA) is 48.1 Å². The molecule has 0 radical (unpaired) electrons. The Morgan fingerprint density at radius 2 is 1.52 bits per heavy atom. The summed E-state index contributed by atoms with van der Waals surface area (Å²) in [5.74, 6) is 0.701. The predicted molar refractivity (Wildman–Crippen MR) is 109 cm³/mol. The predicted octanol–water partition coefficient (Wildman–Crippen LogP) is 1.41. The third kappa shape index (κ3) is 7.00. The first-order valence-corrected chi connectivity index (χ1v) is 11.0. The van der Waals surface area contributed by atoms with E-state index in [1.54, 1.807) is 0 Å². The van der Waals surface area contributed by atoms with E-state index in [2.05, 4.69) is 20.0 Å². The molecule has 3 aliphatic rings. The lowest BCUT2D eigenvalue weighted by Gasteiger charge is -2.42. The van der Waals surface area contributed by atoms with Gasteiger partial charge in [-0.2, -0.15) is 0 Å². The highest BCUT2D eigenvalue weighted by molar-refractivity contribution is 5.72. The molecule has 3 heterocycles. The summed E-state index contributed by atoms with van der Waals surface area (Å²) >= 11 is 0. The van der Waals surface area contributed by atoms with Crippen LogP contribution in [0.5, 0.6) is 0 Å². The molecule has 3 fully saturated rings. The van der Waals surface area contributed by atoms with E-state index in [4.69, 9.17) is 4.74 Å². The summed E-state index contributed by atoms with van der Waals surface area (Å²) in [6.45, 7) is 16.8. The van der Waals surface area contributed by atoms with Gasteiger partial charge in [0, 0.05) is 38.8 Å². The lowest BCUT2D eigenvalue weighted by Crippen LogP contribution is -2.52. The number of carbonyl (C=O) groups excluding carboxylic acids is 1. The Morgan fingerprint density at radius 1 is 0.926 bits per heavy atom. The van der Waals surface area contributed by atoms with E-state index < -0.39 is 0 Å². The lowest BCUT2D eigenvalue weighted by atomic mass is 9.94. The quantitative estimate of drug-likeness (QED) is 0.728. The number of rotatable bonds is 5. The fraction of sp³-hybridized carbons (Fsp3) is 0.952. The first kappa shape index (κ1) is 21.0. The van der Waals surface area contributed by atoms with Gasteiger partial charge >= 0.3 is 5.97 Å². The molecule has 1 N–H and O–H groups in total. The Balaban J connectivity index is 1.31. The molecule has 0 amide bonds. The second-order valence-electron chi connectivity index (χ2n) is 9.62. The van der Waals surface area contributed by atoms with E-state index in [-0.39, 0.29) is 11.6 Å². The van der Waals surface area contributed by atoms with Crippen LogP contribution in [0.2, 0.25) is 0 Å². The second-order valence-corrected chi connectivity index (χ2v) is 9.62. The largest absolute Gasteiger partial charge is 0.459 e. The van der Waals surface area contributed by atoms with E-state index in [0.717, 1.165) is 38.1 Å². The monoisotopic (exact) mass is 380 g/mol. The van der Waals surface area contributed by atoms with Crippen LogP contribution in [0.15, 0.2) is 0 Å². The number of hydrogen-bond acceptors (Lipinski definition) is 6. The number of ether oxygens (including phenoxy) is 1. The van der Waals surface area contributed by atoms with Crippen molar-refractivity contribution in [1.82, 2.24) is 20.0 Å². The minimum atomic E-state index is -0.383. The molecule has 3 aliphatic heterocycles. The molecular formula is C21H40N4O2. The van der Waals surface area contributed by atoms with Gasteiger partial charge < -0.3 is 15.0 Å². The Hall–Kier alpha value is -0.690. The minimum absolute atomic E-state index is 0.0871. The van der Waals surface area contributed by atoms with Crippen LogP contribution in [0, 0.1) is 5.92 Å². The molecule has 6 nitrogen and oxygen atoms in total.